The molecule has 1 heterocycles. The lowest BCUT2D eigenvalue weighted by molar-refractivity contribution is -0.137. The number of likely N-dealkylation sites (N-methyl/N-ethyl adjacent to an activating group) is 1. The van der Waals surface area contributed by atoms with Crippen LogP contribution in [0, 0.1) is 5.92 Å². The molecule has 0 spiro atoms. The lowest BCUT2D eigenvalue weighted by Gasteiger charge is -2.38. The van der Waals surface area contributed by atoms with Crippen LogP contribution in [0.2, 0.25) is 0 Å². The number of amides is 1. The van der Waals surface area contributed by atoms with Crippen molar-refractivity contribution in [2.45, 2.75) is 38.7 Å². The van der Waals surface area contributed by atoms with Crippen LogP contribution in [0.15, 0.2) is 42.5 Å². The zero-order valence-corrected chi connectivity index (χ0v) is 20.8. The normalized spacial score (nSPS) is 19.6. The van der Waals surface area contributed by atoms with Gasteiger partial charge in [0.05, 0.1) is 23.8 Å². The van der Waals surface area contributed by atoms with E-state index in [2.05, 4.69) is 0 Å². The Morgan fingerprint density at radius 1 is 1.14 bits per heavy atom. The minimum atomic E-state index is -4.36. The molecule has 1 amide bonds. The molecule has 0 fully saturated rings. The Hall–Kier alpha value is -2.78. The largest absolute Gasteiger partial charge is 0.488 e. The molecular formula is C26H34F3N3O3. The number of ether oxygens (including phenoxy) is 1. The summed E-state index contributed by atoms with van der Waals surface area (Å²) in [7, 11) is 5.68. The topological polar surface area (TPSA) is 56.3 Å². The number of anilines is 1. The molecule has 192 valence electrons. The number of alkyl halides is 3. The summed E-state index contributed by atoms with van der Waals surface area (Å²) < 4.78 is 45.0. The Balaban J connectivity index is 1.83. The Bertz CT molecular complexity index is 1010. The van der Waals surface area contributed by atoms with Crippen LogP contribution < -0.4 is 9.64 Å². The predicted molar refractivity (Wildman–Crippen MR) is 130 cm³/mol. The molecule has 0 aromatic heterocycles. The second-order valence-corrected chi connectivity index (χ2v) is 9.59. The van der Waals surface area contributed by atoms with Gasteiger partial charge in [0.15, 0.2) is 0 Å². The van der Waals surface area contributed by atoms with Crippen LogP contribution in [-0.2, 0) is 12.7 Å². The molecule has 0 saturated heterocycles. The Morgan fingerprint density at radius 2 is 1.80 bits per heavy atom. The highest BCUT2D eigenvalue weighted by atomic mass is 19.4. The number of hydrogen-bond donors (Lipinski definition) is 1. The summed E-state index contributed by atoms with van der Waals surface area (Å²) in [6.45, 7) is 5.03. The van der Waals surface area contributed by atoms with Crippen molar-refractivity contribution in [3.05, 3.63) is 59.2 Å². The molecule has 3 atom stereocenters. The number of aliphatic hydroxyl groups excluding tert-OH is 1. The molecule has 1 aliphatic heterocycles. The van der Waals surface area contributed by atoms with Crippen LogP contribution in [0.4, 0.5) is 18.9 Å². The van der Waals surface area contributed by atoms with Gasteiger partial charge in [0.1, 0.15) is 11.9 Å². The zero-order valence-electron chi connectivity index (χ0n) is 20.8. The Kier molecular flexibility index (Phi) is 8.33. The number of rotatable bonds is 7. The predicted octanol–water partition coefficient (Wildman–Crippen LogP) is 4.12. The van der Waals surface area contributed by atoms with Crippen LogP contribution in [0.3, 0.4) is 0 Å². The van der Waals surface area contributed by atoms with Crippen molar-refractivity contribution in [1.82, 2.24) is 9.80 Å². The van der Waals surface area contributed by atoms with E-state index in [9.17, 15) is 23.1 Å². The summed E-state index contributed by atoms with van der Waals surface area (Å²) in [5, 5.41) is 9.78. The highest BCUT2D eigenvalue weighted by Gasteiger charge is 2.34. The molecule has 1 N–H and O–H groups in total. The van der Waals surface area contributed by atoms with Gasteiger partial charge in [-0.1, -0.05) is 19.1 Å². The number of aliphatic hydroxyl groups is 1. The van der Waals surface area contributed by atoms with E-state index < -0.39 is 11.7 Å². The van der Waals surface area contributed by atoms with E-state index in [4.69, 9.17) is 4.74 Å². The molecule has 3 rings (SSSR count). The first kappa shape index (κ1) is 26.8. The van der Waals surface area contributed by atoms with Crippen molar-refractivity contribution in [3.8, 4) is 5.75 Å². The van der Waals surface area contributed by atoms with Crippen LogP contribution in [0.25, 0.3) is 0 Å². The van der Waals surface area contributed by atoms with Crippen LogP contribution in [0.5, 0.6) is 5.75 Å². The molecule has 0 aliphatic carbocycles. The van der Waals surface area contributed by atoms with Gasteiger partial charge >= 0.3 is 6.18 Å². The van der Waals surface area contributed by atoms with Gasteiger partial charge < -0.3 is 19.6 Å². The van der Waals surface area contributed by atoms with Crippen molar-refractivity contribution in [2.75, 3.05) is 45.7 Å². The van der Waals surface area contributed by atoms with E-state index in [0.717, 1.165) is 23.4 Å². The van der Waals surface area contributed by atoms with Crippen LogP contribution in [-0.4, -0.2) is 73.8 Å². The SMILES string of the molecule is C[C@@H]1CN([C@@H](C)CO)C(=O)c2cc(N(C)C)ccc2O[C@H]1CN(C)Cc1ccc(C(F)(F)F)cc1. The summed E-state index contributed by atoms with van der Waals surface area (Å²) in [4.78, 5) is 19.0. The average molecular weight is 494 g/mol. The summed E-state index contributed by atoms with van der Waals surface area (Å²) in [6, 6.07) is 10.3. The molecule has 0 unspecified atom stereocenters. The first-order chi connectivity index (χ1) is 16.4. The number of hydrogen-bond acceptors (Lipinski definition) is 5. The maximum atomic E-state index is 13.4. The Morgan fingerprint density at radius 3 is 2.37 bits per heavy atom. The molecule has 0 bridgehead atoms. The van der Waals surface area contributed by atoms with E-state index in [0.29, 0.717) is 30.9 Å². The third-order valence-electron chi connectivity index (χ3n) is 6.39. The molecule has 9 heteroatoms. The third kappa shape index (κ3) is 6.46. The lowest BCUT2D eigenvalue weighted by Crippen LogP contribution is -2.49. The highest BCUT2D eigenvalue weighted by Crippen LogP contribution is 2.32. The molecule has 35 heavy (non-hydrogen) atoms. The molecule has 2 aromatic carbocycles. The maximum Gasteiger partial charge on any atom is 0.416 e. The van der Waals surface area contributed by atoms with E-state index in [1.54, 1.807) is 17.0 Å². The van der Waals surface area contributed by atoms with Gasteiger partial charge in [0.2, 0.25) is 0 Å². The molecule has 2 aromatic rings. The van der Waals surface area contributed by atoms with Gasteiger partial charge in [-0.2, -0.15) is 13.2 Å². The Labute approximate surface area is 204 Å². The summed E-state index contributed by atoms with van der Waals surface area (Å²) >= 11 is 0. The lowest BCUT2D eigenvalue weighted by atomic mass is 9.99. The summed E-state index contributed by atoms with van der Waals surface area (Å²) in [5.74, 6) is 0.244. The number of fused-ring (bicyclic) bond motifs is 1. The van der Waals surface area contributed by atoms with Crippen LogP contribution >= 0.6 is 0 Å². The minimum Gasteiger partial charge on any atom is -0.488 e. The minimum absolute atomic E-state index is 0.0512. The van der Waals surface area contributed by atoms with E-state index in [-0.39, 0.29) is 30.6 Å². The van der Waals surface area contributed by atoms with Crippen molar-refractivity contribution in [1.29, 1.82) is 0 Å². The van der Waals surface area contributed by atoms with E-state index >= 15 is 0 Å². The van der Waals surface area contributed by atoms with Crippen molar-refractivity contribution in [2.24, 2.45) is 5.92 Å². The molecular weight excluding hydrogens is 459 g/mol. The van der Waals surface area contributed by atoms with E-state index in [1.807, 2.05) is 50.9 Å². The smallest absolute Gasteiger partial charge is 0.416 e. The molecule has 0 saturated carbocycles. The molecule has 0 radical (unpaired) electrons. The molecule has 1 aliphatic rings. The fourth-order valence-electron chi connectivity index (χ4n) is 4.19. The number of carbonyl (C=O) groups excluding carboxylic acids is 1. The number of carbonyl (C=O) groups is 1. The van der Waals surface area contributed by atoms with Crippen molar-refractivity contribution in [3.63, 3.8) is 0 Å². The van der Waals surface area contributed by atoms with Crippen molar-refractivity contribution < 1.29 is 27.8 Å². The van der Waals surface area contributed by atoms with Gasteiger partial charge in [-0.3, -0.25) is 9.69 Å². The monoisotopic (exact) mass is 493 g/mol. The van der Waals surface area contributed by atoms with Gasteiger partial charge in [-0.15, -0.1) is 0 Å². The number of nitrogens with zero attached hydrogens (tertiary/aromatic N) is 3. The quantitative estimate of drug-likeness (QED) is 0.629. The van der Waals surface area contributed by atoms with E-state index in [1.165, 1.54) is 12.1 Å². The van der Waals surface area contributed by atoms with Crippen molar-refractivity contribution >= 4 is 11.6 Å². The second-order valence-electron chi connectivity index (χ2n) is 9.59. The third-order valence-corrected chi connectivity index (χ3v) is 6.39. The van der Waals surface area contributed by atoms with Gasteiger partial charge in [0, 0.05) is 45.3 Å². The number of halogens is 3. The average Bonchev–Trinajstić information content (AvgIpc) is 2.80. The van der Waals surface area contributed by atoms with Crippen LogP contribution in [0.1, 0.15) is 35.3 Å². The first-order valence-electron chi connectivity index (χ1n) is 11.6. The van der Waals surface area contributed by atoms with Gasteiger partial charge in [-0.25, -0.2) is 0 Å². The fourth-order valence-corrected chi connectivity index (χ4v) is 4.19. The van der Waals surface area contributed by atoms with Gasteiger partial charge in [0.25, 0.3) is 5.91 Å². The first-order valence-corrected chi connectivity index (χ1v) is 11.6. The number of benzene rings is 2. The summed E-state index contributed by atoms with van der Waals surface area (Å²) in [5.41, 5.74) is 1.40. The summed E-state index contributed by atoms with van der Waals surface area (Å²) in [6.07, 6.45) is -4.64. The fraction of sp³-hybridized carbons (Fsp3) is 0.500. The van der Waals surface area contributed by atoms with Gasteiger partial charge in [-0.05, 0) is 49.9 Å². The molecule has 6 nitrogen and oxygen atoms in total. The standard InChI is InChI=1S/C26H34F3N3O3/c1-17-13-32(18(2)16-33)25(34)22-12-21(30(3)4)10-11-23(22)35-24(17)15-31(5)14-19-6-8-20(9-7-19)26(27,28)29/h6-12,17-18,24,33H,13-16H2,1-5H3/t17-,18+,24+/m1/s1. The zero-order chi connectivity index (χ0) is 25.9. The second kappa shape index (κ2) is 10.9. The highest BCUT2D eigenvalue weighted by molar-refractivity contribution is 5.98. The maximum absolute atomic E-state index is 13.4.